The Balaban J connectivity index is 3.70. The number of nitrogens with zero attached hydrogens (tertiary/aromatic N) is 1. The van der Waals surface area contributed by atoms with Crippen molar-refractivity contribution in [3.63, 3.8) is 0 Å². The van der Waals surface area contributed by atoms with E-state index in [1.54, 1.807) is 0 Å². The van der Waals surface area contributed by atoms with Gasteiger partial charge in [-0.1, -0.05) is 6.92 Å². The van der Waals surface area contributed by atoms with E-state index in [1.807, 2.05) is 0 Å². The third-order valence-electron chi connectivity index (χ3n) is 4.36. The van der Waals surface area contributed by atoms with Gasteiger partial charge < -0.3 is 0 Å². The molecule has 20 heteroatoms. The Hall–Kier alpha value is -2.31. The molecule has 0 saturated carbocycles. The van der Waals surface area contributed by atoms with E-state index in [4.69, 9.17) is 0 Å². The van der Waals surface area contributed by atoms with Crippen LogP contribution < -0.4 is 0 Å². The summed E-state index contributed by atoms with van der Waals surface area (Å²) in [6, 6.07) is -7.22. The molecule has 0 fully saturated rings. The summed E-state index contributed by atoms with van der Waals surface area (Å²) >= 11 is 0. The monoisotopic (exact) mass is 543 g/mol. The molecule has 0 atom stereocenters. The number of rotatable bonds is 8. The number of hydrogen-bond donors (Lipinski definition) is 0. The molecule has 198 valence electrons. The number of imide groups is 1. The number of hydrogen-bond acceptors (Lipinski definition) is 2. The van der Waals surface area contributed by atoms with E-state index in [0.717, 1.165) is 6.92 Å². The van der Waals surface area contributed by atoms with E-state index < -0.39 is 76.5 Å². The predicted molar refractivity (Wildman–Crippen MR) is 70.9 cm³/mol. The molecule has 0 spiro atoms. The topological polar surface area (TPSA) is 37.4 Å². The lowest BCUT2D eigenvalue weighted by molar-refractivity contribution is -0.465. The highest BCUT2D eigenvalue weighted by Crippen LogP contribution is 2.64. The third kappa shape index (κ3) is 3.41. The molecule has 0 aromatic rings. The molecule has 0 N–H and O–H groups in total. The highest BCUT2D eigenvalue weighted by molar-refractivity contribution is 6.16. The summed E-state index contributed by atoms with van der Waals surface area (Å²) < 4.78 is 224. The molecule has 1 heterocycles. The summed E-state index contributed by atoms with van der Waals surface area (Å²) in [5.41, 5.74) is -1.13. The van der Waals surface area contributed by atoms with E-state index in [0.29, 0.717) is 0 Å². The molecule has 1 aliphatic rings. The Bertz CT molecular complexity index is 885. The molecule has 34 heavy (non-hydrogen) atoms. The molecular formula is C14H6F17NO2. The average Bonchev–Trinajstić information content (AvgIpc) is 2.93. The first-order valence-electron chi connectivity index (χ1n) is 7.93. The summed E-state index contributed by atoms with van der Waals surface area (Å²) in [6.45, 7) is 0.892. The van der Waals surface area contributed by atoms with Crippen molar-refractivity contribution in [2.45, 2.75) is 61.1 Å². The van der Waals surface area contributed by atoms with Crippen molar-refractivity contribution in [3.8, 4) is 0 Å². The normalized spacial score (nSPS) is 18.1. The summed E-state index contributed by atoms with van der Waals surface area (Å²) in [4.78, 5) is 20.7. The van der Waals surface area contributed by atoms with Crippen molar-refractivity contribution in [1.29, 1.82) is 0 Å². The number of halogens is 17. The minimum absolute atomic E-state index is 0.199. The molecule has 0 aromatic heterocycles. The standard InChI is InChI=1S/C14H6F17NO2/c1-2-4-3-5(33)32(6(4)34)14(30,31)12(25,26)10(21,22)8(17,18)7(15,16)9(19,20)11(23,24)13(27,28)29/h3H,2H2,1H3. The fraction of sp³-hybridized carbons (Fsp3) is 0.714. The van der Waals surface area contributed by atoms with Gasteiger partial charge in [-0.2, -0.15) is 74.6 Å². The van der Waals surface area contributed by atoms with Crippen molar-refractivity contribution in [1.82, 2.24) is 4.90 Å². The van der Waals surface area contributed by atoms with Gasteiger partial charge in [-0.15, -0.1) is 0 Å². The number of alkyl halides is 17. The molecular weight excluding hydrogens is 537 g/mol. The second-order valence-electron chi connectivity index (χ2n) is 6.49. The zero-order valence-electron chi connectivity index (χ0n) is 15.5. The largest absolute Gasteiger partial charge is 0.460 e. The minimum Gasteiger partial charge on any atom is -0.269 e. The maximum absolute atomic E-state index is 14.0. The van der Waals surface area contributed by atoms with Crippen molar-refractivity contribution < 1.29 is 84.2 Å². The van der Waals surface area contributed by atoms with Crippen LogP contribution in [0.2, 0.25) is 0 Å². The molecule has 0 unspecified atom stereocenters. The van der Waals surface area contributed by atoms with Crippen molar-refractivity contribution in [3.05, 3.63) is 11.6 Å². The van der Waals surface area contributed by atoms with Gasteiger partial charge in [0.1, 0.15) is 0 Å². The van der Waals surface area contributed by atoms with Gasteiger partial charge in [-0.25, -0.2) is 4.90 Å². The molecule has 0 aliphatic carbocycles. The van der Waals surface area contributed by atoms with Gasteiger partial charge in [-0.3, -0.25) is 9.59 Å². The SMILES string of the molecule is CCC1=CC(=O)N(C(F)(F)C(F)(F)C(F)(F)C(F)(F)C(F)(F)C(F)(F)C(F)(F)C(F)(F)F)C1=O. The van der Waals surface area contributed by atoms with Gasteiger partial charge in [-0.05, 0) is 6.42 Å². The van der Waals surface area contributed by atoms with Crippen molar-refractivity contribution in [2.75, 3.05) is 0 Å². The van der Waals surface area contributed by atoms with Crippen LogP contribution in [0, 0.1) is 0 Å². The second-order valence-corrected chi connectivity index (χ2v) is 6.49. The summed E-state index contributed by atoms with van der Waals surface area (Å²) in [5, 5.41) is 0. The Morgan fingerprint density at radius 3 is 1.21 bits per heavy atom. The highest BCUT2D eigenvalue weighted by atomic mass is 19.4. The third-order valence-corrected chi connectivity index (χ3v) is 4.36. The number of amides is 2. The van der Waals surface area contributed by atoms with Crippen LogP contribution in [-0.2, 0) is 9.59 Å². The van der Waals surface area contributed by atoms with Crippen LogP contribution in [0.5, 0.6) is 0 Å². The first-order chi connectivity index (χ1) is 14.6. The first-order valence-corrected chi connectivity index (χ1v) is 7.93. The molecule has 2 amide bonds. The summed E-state index contributed by atoms with van der Waals surface area (Å²) in [5.74, 6) is -56.3. The fourth-order valence-electron chi connectivity index (χ4n) is 2.33. The van der Waals surface area contributed by atoms with Crippen LogP contribution in [0.25, 0.3) is 0 Å². The fourth-order valence-corrected chi connectivity index (χ4v) is 2.33. The van der Waals surface area contributed by atoms with Crippen LogP contribution in [0.1, 0.15) is 13.3 Å². The first kappa shape index (κ1) is 29.7. The summed E-state index contributed by atoms with van der Waals surface area (Å²) in [7, 11) is 0. The van der Waals surface area contributed by atoms with Gasteiger partial charge in [0.15, 0.2) is 0 Å². The lowest BCUT2D eigenvalue weighted by Crippen LogP contribution is -2.76. The van der Waals surface area contributed by atoms with Crippen molar-refractivity contribution >= 4 is 11.8 Å². The average molecular weight is 543 g/mol. The Kier molecular flexibility index (Phi) is 6.64. The summed E-state index contributed by atoms with van der Waals surface area (Å²) in [6.07, 6.45) is -8.80. The van der Waals surface area contributed by atoms with Gasteiger partial charge in [0, 0.05) is 11.6 Å². The Labute approximate surface area is 175 Å². The highest BCUT2D eigenvalue weighted by Gasteiger charge is 2.96. The molecule has 1 aliphatic heterocycles. The van der Waals surface area contributed by atoms with Crippen LogP contribution >= 0.6 is 0 Å². The molecule has 3 nitrogen and oxygen atoms in total. The van der Waals surface area contributed by atoms with E-state index in [-0.39, 0.29) is 6.08 Å². The van der Waals surface area contributed by atoms with Gasteiger partial charge in [0.05, 0.1) is 0 Å². The molecule has 0 saturated heterocycles. The van der Waals surface area contributed by atoms with E-state index in [9.17, 15) is 84.2 Å². The van der Waals surface area contributed by atoms with Crippen LogP contribution in [0.4, 0.5) is 74.6 Å². The zero-order chi connectivity index (χ0) is 27.7. The maximum Gasteiger partial charge on any atom is 0.460 e. The zero-order valence-corrected chi connectivity index (χ0v) is 15.5. The lowest BCUT2D eigenvalue weighted by atomic mass is 9.90. The van der Waals surface area contributed by atoms with Crippen LogP contribution in [0.15, 0.2) is 11.6 Å². The number of carbonyl (C=O) groups excluding carboxylic acids is 2. The minimum atomic E-state index is -8.78. The second kappa shape index (κ2) is 7.59. The number of carbonyl (C=O) groups is 2. The molecule has 1 rings (SSSR count). The van der Waals surface area contributed by atoms with Gasteiger partial charge >= 0.3 is 47.8 Å². The van der Waals surface area contributed by atoms with Crippen LogP contribution in [-0.4, -0.2) is 64.5 Å². The van der Waals surface area contributed by atoms with Gasteiger partial charge in [0.2, 0.25) is 0 Å². The Morgan fingerprint density at radius 1 is 0.588 bits per heavy atom. The quantitative estimate of drug-likeness (QED) is 0.225. The van der Waals surface area contributed by atoms with Gasteiger partial charge in [0.25, 0.3) is 11.8 Å². The van der Waals surface area contributed by atoms with E-state index in [2.05, 4.69) is 0 Å². The molecule has 0 aromatic carbocycles. The van der Waals surface area contributed by atoms with Crippen molar-refractivity contribution in [2.24, 2.45) is 0 Å². The van der Waals surface area contributed by atoms with Crippen LogP contribution in [0.3, 0.4) is 0 Å². The molecule has 0 bridgehead atoms. The predicted octanol–water partition coefficient (Wildman–Crippen LogP) is 5.66. The maximum atomic E-state index is 14.0. The molecule has 0 radical (unpaired) electrons. The Morgan fingerprint density at radius 2 is 0.912 bits per heavy atom. The van der Waals surface area contributed by atoms with E-state index >= 15 is 0 Å². The lowest BCUT2D eigenvalue weighted by Gasteiger charge is -2.43. The van der Waals surface area contributed by atoms with E-state index in [1.165, 1.54) is 0 Å². The smallest absolute Gasteiger partial charge is 0.269 e.